The summed E-state index contributed by atoms with van der Waals surface area (Å²) in [5.41, 5.74) is 3.82. The number of hydrogen-bond donors (Lipinski definition) is 1. The molecule has 4 aromatic rings. The van der Waals surface area contributed by atoms with Gasteiger partial charge in [0.25, 0.3) is 0 Å². The van der Waals surface area contributed by atoms with Crippen molar-refractivity contribution < 1.29 is 13.9 Å². The summed E-state index contributed by atoms with van der Waals surface area (Å²) in [6.45, 7) is 3.18. The predicted octanol–water partition coefficient (Wildman–Crippen LogP) is 7.72. The molecule has 4 heteroatoms. The number of anilines is 1. The number of rotatable bonds is 11. The van der Waals surface area contributed by atoms with Gasteiger partial charge in [-0.3, -0.25) is 4.79 Å². The molecule has 0 saturated heterocycles. The zero-order valence-electron chi connectivity index (χ0n) is 19.4. The van der Waals surface area contributed by atoms with Crippen LogP contribution in [0.3, 0.4) is 0 Å². The minimum atomic E-state index is -0.0446. The van der Waals surface area contributed by atoms with E-state index in [1.807, 2.05) is 72.8 Å². The van der Waals surface area contributed by atoms with Crippen LogP contribution in [0, 0.1) is 0 Å². The van der Waals surface area contributed by atoms with E-state index in [-0.39, 0.29) is 5.78 Å². The van der Waals surface area contributed by atoms with Crippen molar-refractivity contribution in [3.8, 4) is 17.1 Å². The second kappa shape index (κ2) is 10.9. The van der Waals surface area contributed by atoms with Crippen molar-refractivity contribution in [2.75, 3.05) is 19.0 Å². The fraction of sp³-hybridized carbons (Fsp3) is 0.276. The van der Waals surface area contributed by atoms with Gasteiger partial charge in [-0.25, -0.2) is 0 Å². The van der Waals surface area contributed by atoms with E-state index in [0.29, 0.717) is 22.5 Å². The van der Waals surface area contributed by atoms with Crippen LogP contribution in [0.15, 0.2) is 77.2 Å². The quantitative estimate of drug-likeness (QED) is 0.191. The minimum absolute atomic E-state index is 0.0446. The van der Waals surface area contributed by atoms with Gasteiger partial charge in [0.15, 0.2) is 5.78 Å². The predicted molar refractivity (Wildman–Crippen MR) is 135 cm³/mol. The molecule has 0 bridgehead atoms. The molecule has 0 radical (unpaired) electrons. The van der Waals surface area contributed by atoms with Crippen molar-refractivity contribution in [3.63, 3.8) is 0 Å². The lowest BCUT2D eigenvalue weighted by molar-refractivity contribution is 0.104. The van der Waals surface area contributed by atoms with Crippen LogP contribution in [0.25, 0.3) is 22.3 Å². The number of nitrogens with one attached hydrogen (secondary N) is 1. The summed E-state index contributed by atoms with van der Waals surface area (Å²) >= 11 is 0. The fourth-order valence-corrected chi connectivity index (χ4v) is 4.06. The number of carbonyl (C=O) groups excluding carboxylic acids is 1. The Morgan fingerprint density at radius 3 is 2.33 bits per heavy atom. The molecule has 0 spiro atoms. The lowest BCUT2D eigenvalue weighted by Crippen LogP contribution is -2.04. The van der Waals surface area contributed by atoms with Gasteiger partial charge < -0.3 is 14.5 Å². The summed E-state index contributed by atoms with van der Waals surface area (Å²) in [5, 5.41) is 4.28. The maximum Gasteiger partial charge on any atom is 0.197 e. The first-order chi connectivity index (χ1) is 16.2. The number of hydrogen-bond acceptors (Lipinski definition) is 4. The van der Waals surface area contributed by atoms with Gasteiger partial charge in [0.05, 0.1) is 12.7 Å². The molecule has 170 valence electrons. The van der Waals surface area contributed by atoms with Gasteiger partial charge in [0.2, 0.25) is 0 Å². The van der Waals surface area contributed by atoms with Crippen LogP contribution in [0.2, 0.25) is 0 Å². The number of benzene rings is 3. The van der Waals surface area contributed by atoms with E-state index in [2.05, 4.69) is 12.2 Å². The summed E-state index contributed by atoms with van der Waals surface area (Å²) < 4.78 is 11.4. The number of ether oxygens (including phenoxy) is 1. The second-order valence-electron chi connectivity index (χ2n) is 8.28. The number of methoxy groups -OCH3 is 1. The van der Waals surface area contributed by atoms with Crippen molar-refractivity contribution in [3.05, 3.63) is 83.9 Å². The van der Waals surface area contributed by atoms with Gasteiger partial charge in [-0.2, -0.15) is 0 Å². The number of para-hydroxylation sites is 1. The van der Waals surface area contributed by atoms with Crippen molar-refractivity contribution in [1.29, 1.82) is 0 Å². The van der Waals surface area contributed by atoms with Crippen LogP contribution in [-0.2, 0) is 0 Å². The van der Waals surface area contributed by atoms with Crippen molar-refractivity contribution >= 4 is 22.4 Å². The monoisotopic (exact) mass is 441 g/mol. The van der Waals surface area contributed by atoms with Crippen LogP contribution in [-0.4, -0.2) is 19.4 Å². The first kappa shape index (κ1) is 22.7. The Balaban J connectivity index is 1.56. The number of fused-ring (bicyclic) bond motifs is 1. The van der Waals surface area contributed by atoms with E-state index in [1.54, 1.807) is 7.11 Å². The molecule has 1 aromatic heterocycles. The molecule has 0 aliphatic heterocycles. The van der Waals surface area contributed by atoms with Crippen LogP contribution in [0.1, 0.15) is 54.9 Å². The zero-order valence-corrected chi connectivity index (χ0v) is 19.4. The Hall–Kier alpha value is -3.53. The van der Waals surface area contributed by atoms with Gasteiger partial charge in [-0.1, -0.05) is 50.8 Å². The highest BCUT2D eigenvalue weighted by Crippen LogP contribution is 2.36. The van der Waals surface area contributed by atoms with Gasteiger partial charge >= 0.3 is 0 Å². The van der Waals surface area contributed by atoms with E-state index < -0.39 is 0 Å². The van der Waals surface area contributed by atoms with Gasteiger partial charge in [-0.15, -0.1) is 0 Å². The summed E-state index contributed by atoms with van der Waals surface area (Å²) in [6.07, 6.45) is 6.26. The third-order valence-electron chi connectivity index (χ3n) is 5.93. The first-order valence-electron chi connectivity index (χ1n) is 11.8. The number of ketones is 1. The summed E-state index contributed by atoms with van der Waals surface area (Å²) in [4.78, 5) is 13.6. The molecule has 3 aromatic carbocycles. The molecule has 4 nitrogen and oxygen atoms in total. The van der Waals surface area contributed by atoms with Crippen LogP contribution in [0.5, 0.6) is 5.75 Å². The normalized spacial score (nSPS) is 11.0. The minimum Gasteiger partial charge on any atom is -0.497 e. The van der Waals surface area contributed by atoms with Gasteiger partial charge in [0.1, 0.15) is 17.1 Å². The van der Waals surface area contributed by atoms with Crippen molar-refractivity contribution in [2.45, 2.75) is 39.0 Å². The maximum atomic E-state index is 13.6. The molecule has 0 aliphatic carbocycles. The maximum absolute atomic E-state index is 13.6. The highest BCUT2D eigenvalue weighted by Gasteiger charge is 2.23. The Labute approximate surface area is 195 Å². The molecule has 1 N–H and O–H groups in total. The Bertz CT molecular complexity index is 1190. The lowest BCUT2D eigenvalue weighted by Gasteiger charge is -2.08. The highest BCUT2D eigenvalue weighted by molar-refractivity contribution is 6.19. The van der Waals surface area contributed by atoms with Crippen LogP contribution in [0.4, 0.5) is 5.69 Å². The molecule has 0 unspecified atom stereocenters. The molecule has 0 atom stereocenters. The molecule has 33 heavy (non-hydrogen) atoms. The van der Waals surface area contributed by atoms with E-state index in [4.69, 9.17) is 9.15 Å². The van der Waals surface area contributed by atoms with Crippen LogP contribution >= 0.6 is 0 Å². The molecular formula is C29H31NO3. The molecule has 0 fully saturated rings. The fourth-order valence-electron chi connectivity index (χ4n) is 4.06. The third kappa shape index (κ3) is 5.28. The zero-order chi connectivity index (χ0) is 23.0. The number of furan rings is 1. The average Bonchev–Trinajstić information content (AvgIpc) is 3.26. The highest BCUT2D eigenvalue weighted by atomic mass is 16.5. The standard InChI is InChI=1S/C29H31NO3/c1-3-4-5-6-9-20-30-23-16-12-21(13-17-23)28(31)27-25-10-7-8-11-26(25)33-29(27)22-14-18-24(32-2)19-15-22/h7-8,10-19,30H,3-6,9,20H2,1-2H3. The summed E-state index contributed by atoms with van der Waals surface area (Å²) in [6, 6.07) is 23.0. The van der Waals surface area contributed by atoms with E-state index in [9.17, 15) is 4.79 Å². The SMILES string of the molecule is CCCCCCCNc1ccc(C(=O)c2c(-c3ccc(OC)cc3)oc3ccccc23)cc1. The number of carbonyl (C=O) groups is 1. The van der Waals surface area contributed by atoms with Crippen molar-refractivity contribution in [1.82, 2.24) is 0 Å². The van der Waals surface area contributed by atoms with Gasteiger partial charge in [-0.05, 0) is 61.0 Å². The summed E-state index contributed by atoms with van der Waals surface area (Å²) in [7, 11) is 1.64. The molecular weight excluding hydrogens is 410 g/mol. The lowest BCUT2D eigenvalue weighted by atomic mass is 9.97. The number of unbranched alkanes of at least 4 members (excludes halogenated alkanes) is 4. The summed E-state index contributed by atoms with van der Waals surface area (Å²) in [5.74, 6) is 1.30. The molecule has 0 amide bonds. The molecule has 0 saturated carbocycles. The van der Waals surface area contributed by atoms with E-state index in [1.165, 1.54) is 25.7 Å². The Morgan fingerprint density at radius 1 is 0.879 bits per heavy atom. The van der Waals surface area contributed by atoms with Crippen LogP contribution < -0.4 is 10.1 Å². The molecule has 0 aliphatic rings. The molecule has 1 heterocycles. The average molecular weight is 442 g/mol. The smallest absolute Gasteiger partial charge is 0.197 e. The Morgan fingerprint density at radius 2 is 1.61 bits per heavy atom. The third-order valence-corrected chi connectivity index (χ3v) is 5.93. The first-order valence-corrected chi connectivity index (χ1v) is 11.8. The van der Waals surface area contributed by atoms with E-state index >= 15 is 0 Å². The largest absolute Gasteiger partial charge is 0.497 e. The van der Waals surface area contributed by atoms with E-state index in [0.717, 1.165) is 35.4 Å². The topological polar surface area (TPSA) is 51.5 Å². The Kier molecular flexibility index (Phi) is 7.46. The molecule has 4 rings (SSSR count). The van der Waals surface area contributed by atoms with Gasteiger partial charge in [0, 0.05) is 28.7 Å². The van der Waals surface area contributed by atoms with Crippen molar-refractivity contribution in [2.24, 2.45) is 0 Å². The second-order valence-corrected chi connectivity index (χ2v) is 8.28.